The van der Waals surface area contributed by atoms with Gasteiger partial charge in [-0.2, -0.15) is 13.2 Å². The molecule has 0 bridgehead atoms. The summed E-state index contributed by atoms with van der Waals surface area (Å²) in [6.07, 6.45) is -7.71. The van der Waals surface area contributed by atoms with Crippen LogP contribution in [0.3, 0.4) is 0 Å². The second kappa shape index (κ2) is 11.7. The van der Waals surface area contributed by atoms with Gasteiger partial charge in [0.15, 0.2) is 21.3 Å². The molecule has 0 unspecified atom stereocenters. The van der Waals surface area contributed by atoms with Crippen molar-refractivity contribution in [3.05, 3.63) is 90.3 Å². The van der Waals surface area contributed by atoms with Crippen LogP contribution in [0.4, 0.5) is 26.3 Å². The number of nitrogens with zero attached hydrogens (tertiary/aromatic N) is 3. The molecule has 45 heavy (non-hydrogen) atoms. The number of alkyl halides is 6. The van der Waals surface area contributed by atoms with E-state index in [0.717, 1.165) is 24.6 Å². The van der Waals surface area contributed by atoms with Crippen LogP contribution in [0.25, 0.3) is 39.4 Å². The second-order valence-electron chi connectivity index (χ2n) is 9.96. The van der Waals surface area contributed by atoms with Gasteiger partial charge in [-0.05, 0) is 73.6 Å². The molecule has 0 amide bonds. The molecule has 5 aromatic rings. The lowest BCUT2D eigenvalue weighted by molar-refractivity contribution is -0.274. The molecule has 236 valence electrons. The van der Waals surface area contributed by atoms with Crippen molar-refractivity contribution in [2.75, 3.05) is 13.3 Å². The standard InChI is InChI=1S/C30H24F6N4O4S/c1-17-38-25(29(31,32)33)16-40(17)24-12-9-20(19-5-4-6-22(13-19)45(3,41)42)14-23(24)27-28(43-26(39-27)15-37-2)18-7-10-21(11-8-18)44-30(34,35)36/h4-14,16,37H,15H2,1-3H3. The number of aromatic nitrogens is 3. The monoisotopic (exact) mass is 650 g/mol. The zero-order chi connectivity index (χ0) is 32.7. The molecule has 0 spiro atoms. The fraction of sp³-hybridized carbons (Fsp3) is 0.200. The second-order valence-corrected chi connectivity index (χ2v) is 12.0. The Morgan fingerprint density at radius 1 is 0.911 bits per heavy atom. The highest BCUT2D eigenvalue weighted by Gasteiger charge is 2.35. The molecule has 0 radical (unpaired) electrons. The highest BCUT2D eigenvalue weighted by Crippen LogP contribution is 2.40. The molecule has 0 aliphatic carbocycles. The predicted molar refractivity (Wildman–Crippen MR) is 152 cm³/mol. The molecule has 0 saturated carbocycles. The van der Waals surface area contributed by atoms with Crippen molar-refractivity contribution in [1.29, 1.82) is 0 Å². The topological polar surface area (TPSA) is 99.2 Å². The van der Waals surface area contributed by atoms with Crippen LogP contribution in [-0.4, -0.2) is 42.6 Å². The van der Waals surface area contributed by atoms with Gasteiger partial charge in [0.2, 0.25) is 5.89 Å². The Balaban J connectivity index is 1.75. The quantitative estimate of drug-likeness (QED) is 0.177. The Labute approximate surface area is 253 Å². The van der Waals surface area contributed by atoms with Gasteiger partial charge in [-0.1, -0.05) is 18.2 Å². The van der Waals surface area contributed by atoms with E-state index in [9.17, 15) is 34.8 Å². The van der Waals surface area contributed by atoms with Gasteiger partial charge in [-0.3, -0.25) is 0 Å². The average molecular weight is 651 g/mol. The number of nitrogens with one attached hydrogen (secondary N) is 1. The van der Waals surface area contributed by atoms with Crippen LogP contribution in [0.15, 0.2) is 82.2 Å². The lowest BCUT2D eigenvalue weighted by Gasteiger charge is -2.14. The highest BCUT2D eigenvalue weighted by molar-refractivity contribution is 7.90. The van der Waals surface area contributed by atoms with Gasteiger partial charge >= 0.3 is 12.5 Å². The average Bonchev–Trinajstić information content (AvgIpc) is 3.56. The third kappa shape index (κ3) is 7.04. The van der Waals surface area contributed by atoms with E-state index in [-0.39, 0.29) is 45.9 Å². The highest BCUT2D eigenvalue weighted by atomic mass is 32.2. The smallest absolute Gasteiger partial charge is 0.439 e. The number of sulfone groups is 1. The number of rotatable bonds is 8. The van der Waals surface area contributed by atoms with E-state index in [1.807, 2.05) is 0 Å². The van der Waals surface area contributed by atoms with Crippen LogP contribution in [0.2, 0.25) is 0 Å². The van der Waals surface area contributed by atoms with Crippen LogP contribution in [0.1, 0.15) is 17.4 Å². The summed E-state index contributed by atoms with van der Waals surface area (Å²) in [6.45, 7) is 1.55. The lowest BCUT2D eigenvalue weighted by atomic mass is 9.98. The Morgan fingerprint density at radius 2 is 1.58 bits per heavy atom. The van der Waals surface area contributed by atoms with Gasteiger partial charge in [0.1, 0.15) is 17.3 Å². The third-order valence-corrected chi connectivity index (χ3v) is 7.74. The molecule has 1 N–H and O–H groups in total. The molecule has 0 saturated heterocycles. The summed E-state index contributed by atoms with van der Waals surface area (Å²) < 4.78 is 115. The molecule has 5 rings (SSSR count). The Hall–Kier alpha value is -4.63. The first kappa shape index (κ1) is 31.8. The number of hydrogen-bond donors (Lipinski definition) is 1. The number of benzene rings is 3. The van der Waals surface area contributed by atoms with Crippen LogP contribution in [0.5, 0.6) is 5.75 Å². The van der Waals surface area contributed by atoms with Gasteiger partial charge in [0.05, 0.1) is 17.1 Å². The maximum Gasteiger partial charge on any atom is 0.573 e. The summed E-state index contributed by atoms with van der Waals surface area (Å²) in [5, 5.41) is 2.90. The van der Waals surface area contributed by atoms with Gasteiger partial charge in [0, 0.05) is 23.6 Å². The molecule has 0 aliphatic heterocycles. The summed E-state index contributed by atoms with van der Waals surface area (Å²) >= 11 is 0. The van der Waals surface area contributed by atoms with Crippen molar-refractivity contribution in [3.8, 4) is 45.1 Å². The molecule has 2 heterocycles. The molecular formula is C30H24F6N4O4S. The Bertz CT molecular complexity index is 1960. The molecular weight excluding hydrogens is 626 g/mol. The molecule has 8 nitrogen and oxygen atoms in total. The number of halogens is 6. The van der Waals surface area contributed by atoms with E-state index < -0.39 is 33.8 Å². The van der Waals surface area contributed by atoms with E-state index >= 15 is 0 Å². The number of hydrogen-bond acceptors (Lipinski definition) is 7. The zero-order valence-corrected chi connectivity index (χ0v) is 24.6. The summed E-state index contributed by atoms with van der Waals surface area (Å²) in [4.78, 5) is 8.34. The number of oxazole rings is 1. The first-order chi connectivity index (χ1) is 21.0. The van der Waals surface area contributed by atoms with Crippen molar-refractivity contribution in [3.63, 3.8) is 0 Å². The Kier molecular flexibility index (Phi) is 8.27. The summed E-state index contributed by atoms with van der Waals surface area (Å²) in [6, 6.07) is 15.8. The lowest BCUT2D eigenvalue weighted by Crippen LogP contribution is -2.16. The van der Waals surface area contributed by atoms with Crippen LogP contribution in [-0.2, 0) is 22.6 Å². The maximum absolute atomic E-state index is 13.6. The zero-order valence-electron chi connectivity index (χ0n) is 23.8. The van der Waals surface area contributed by atoms with Crippen LogP contribution < -0.4 is 10.1 Å². The van der Waals surface area contributed by atoms with Crippen molar-refractivity contribution in [1.82, 2.24) is 19.9 Å². The maximum atomic E-state index is 13.6. The summed E-state index contributed by atoms with van der Waals surface area (Å²) in [5.74, 6) is -0.141. The van der Waals surface area contributed by atoms with E-state index in [4.69, 9.17) is 4.42 Å². The van der Waals surface area contributed by atoms with E-state index in [1.54, 1.807) is 37.4 Å². The SMILES string of the molecule is CNCc1nc(-c2cc(-c3cccc(S(C)(=O)=O)c3)ccc2-n2cc(C(F)(F)F)nc2C)c(-c2ccc(OC(F)(F)F)cc2)o1. The van der Waals surface area contributed by atoms with Crippen molar-refractivity contribution in [2.45, 2.75) is 30.9 Å². The van der Waals surface area contributed by atoms with Gasteiger partial charge < -0.3 is 19.0 Å². The van der Waals surface area contributed by atoms with E-state index in [2.05, 4.69) is 20.0 Å². The first-order valence-electron chi connectivity index (χ1n) is 13.1. The van der Waals surface area contributed by atoms with Crippen LogP contribution in [0, 0.1) is 6.92 Å². The minimum atomic E-state index is -4.90. The minimum Gasteiger partial charge on any atom is -0.439 e. The number of ether oxygens (including phenoxy) is 1. The van der Waals surface area contributed by atoms with Gasteiger partial charge in [0.25, 0.3) is 0 Å². The fourth-order valence-electron chi connectivity index (χ4n) is 4.65. The summed E-state index contributed by atoms with van der Waals surface area (Å²) in [5.41, 5.74) is 0.881. The molecule has 0 fully saturated rings. The summed E-state index contributed by atoms with van der Waals surface area (Å²) in [7, 11) is -1.92. The fourth-order valence-corrected chi connectivity index (χ4v) is 5.32. The Morgan fingerprint density at radius 3 is 2.18 bits per heavy atom. The van der Waals surface area contributed by atoms with E-state index in [0.29, 0.717) is 16.7 Å². The predicted octanol–water partition coefficient (Wildman–Crippen LogP) is 7.21. The van der Waals surface area contributed by atoms with Crippen molar-refractivity contribution in [2.24, 2.45) is 0 Å². The largest absolute Gasteiger partial charge is 0.573 e. The number of imidazole rings is 1. The molecule has 2 aromatic heterocycles. The molecule has 0 atom stereocenters. The molecule has 3 aromatic carbocycles. The third-order valence-electron chi connectivity index (χ3n) is 6.63. The normalized spacial score (nSPS) is 12.5. The number of aryl methyl sites for hydroxylation is 1. The first-order valence-corrected chi connectivity index (χ1v) is 15.0. The molecule has 0 aliphatic rings. The minimum absolute atomic E-state index is 0.0181. The van der Waals surface area contributed by atoms with Gasteiger partial charge in [-0.25, -0.2) is 18.4 Å². The molecule has 15 heteroatoms. The van der Waals surface area contributed by atoms with Gasteiger partial charge in [-0.15, -0.1) is 13.2 Å². The van der Waals surface area contributed by atoms with E-state index in [1.165, 1.54) is 35.8 Å². The van der Waals surface area contributed by atoms with Crippen LogP contribution >= 0.6 is 0 Å². The van der Waals surface area contributed by atoms with Crippen molar-refractivity contribution >= 4 is 9.84 Å². The van der Waals surface area contributed by atoms with Crippen molar-refractivity contribution < 1.29 is 43.9 Å².